The summed E-state index contributed by atoms with van der Waals surface area (Å²) in [6.45, 7) is 4.75. The maximum atomic E-state index is 13.0. The van der Waals surface area contributed by atoms with E-state index in [1.54, 1.807) is 18.3 Å². The van der Waals surface area contributed by atoms with Gasteiger partial charge in [0.05, 0.1) is 5.69 Å². The van der Waals surface area contributed by atoms with Crippen molar-refractivity contribution < 1.29 is 9.59 Å². The Morgan fingerprint density at radius 1 is 1.07 bits per heavy atom. The van der Waals surface area contributed by atoms with Crippen molar-refractivity contribution in [2.75, 3.05) is 36.4 Å². The second-order valence-electron chi connectivity index (χ2n) is 7.36. The molecule has 28 heavy (non-hydrogen) atoms. The Morgan fingerprint density at radius 3 is 2.68 bits per heavy atom. The predicted octanol–water partition coefficient (Wildman–Crippen LogP) is 1.88. The van der Waals surface area contributed by atoms with E-state index in [-0.39, 0.29) is 17.7 Å². The molecule has 1 saturated heterocycles. The summed E-state index contributed by atoms with van der Waals surface area (Å²) in [4.78, 5) is 33.1. The van der Waals surface area contributed by atoms with Crippen LogP contribution in [-0.2, 0) is 4.79 Å². The average molecular weight is 380 g/mol. The largest absolute Gasteiger partial charge is 0.353 e. The van der Waals surface area contributed by atoms with Crippen LogP contribution in [-0.4, -0.2) is 58.1 Å². The molecule has 4 rings (SSSR count). The van der Waals surface area contributed by atoms with Crippen LogP contribution >= 0.6 is 0 Å². The number of aryl methyl sites for hydroxylation is 1. The molecule has 0 aromatic carbocycles. The number of hydrogen-bond acceptors (Lipinski definition) is 6. The normalized spacial score (nSPS) is 17.2. The molecule has 1 N–H and O–H groups in total. The van der Waals surface area contributed by atoms with E-state index in [2.05, 4.69) is 25.4 Å². The highest BCUT2D eigenvalue weighted by Crippen LogP contribution is 2.30. The van der Waals surface area contributed by atoms with E-state index in [1.165, 1.54) is 0 Å². The maximum absolute atomic E-state index is 13.0. The lowest BCUT2D eigenvalue weighted by Gasteiger charge is -2.22. The fraction of sp³-hybridized carbons (Fsp3) is 0.450. The second kappa shape index (κ2) is 7.92. The van der Waals surface area contributed by atoms with Crippen molar-refractivity contribution >= 4 is 23.5 Å². The van der Waals surface area contributed by atoms with Gasteiger partial charge in [-0.25, -0.2) is 4.98 Å². The number of pyridine rings is 1. The van der Waals surface area contributed by atoms with Gasteiger partial charge in [-0.15, -0.1) is 5.10 Å². The van der Waals surface area contributed by atoms with Crippen molar-refractivity contribution in [3.63, 3.8) is 0 Å². The Morgan fingerprint density at radius 2 is 1.93 bits per heavy atom. The Labute approximate surface area is 164 Å². The lowest BCUT2D eigenvalue weighted by Crippen LogP contribution is -2.35. The zero-order valence-corrected chi connectivity index (χ0v) is 16.0. The molecule has 2 amide bonds. The molecule has 0 unspecified atom stereocenters. The molecule has 8 heteroatoms. The van der Waals surface area contributed by atoms with E-state index in [0.717, 1.165) is 37.3 Å². The van der Waals surface area contributed by atoms with Gasteiger partial charge in [-0.05, 0) is 50.5 Å². The number of nitrogens with one attached hydrogen (secondary N) is 1. The van der Waals surface area contributed by atoms with Gasteiger partial charge in [0.1, 0.15) is 5.82 Å². The van der Waals surface area contributed by atoms with Crippen LogP contribution in [0.15, 0.2) is 30.5 Å². The lowest BCUT2D eigenvalue weighted by molar-refractivity contribution is -0.117. The van der Waals surface area contributed by atoms with Crippen LogP contribution in [0.2, 0.25) is 0 Å². The van der Waals surface area contributed by atoms with Gasteiger partial charge in [0.25, 0.3) is 5.91 Å². The molecule has 2 aliphatic rings. The third-order valence-corrected chi connectivity index (χ3v) is 5.10. The minimum atomic E-state index is -0.0406. The first-order valence-corrected chi connectivity index (χ1v) is 9.71. The van der Waals surface area contributed by atoms with E-state index in [1.807, 2.05) is 24.0 Å². The van der Waals surface area contributed by atoms with Crippen LogP contribution in [0.1, 0.15) is 35.3 Å². The summed E-state index contributed by atoms with van der Waals surface area (Å²) < 4.78 is 0. The summed E-state index contributed by atoms with van der Waals surface area (Å²) in [7, 11) is 0. The first-order valence-electron chi connectivity index (χ1n) is 9.71. The summed E-state index contributed by atoms with van der Waals surface area (Å²) in [5, 5.41) is 11.2. The van der Waals surface area contributed by atoms with Gasteiger partial charge in [-0.3, -0.25) is 9.59 Å². The van der Waals surface area contributed by atoms with Crippen molar-refractivity contribution in [1.82, 2.24) is 20.1 Å². The van der Waals surface area contributed by atoms with Gasteiger partial charge in [0, 0.05) is 43.9 Å². The summed E-state index contributed by atoms with van der Waals surface area (Å²) in [6.07, 6.45) is 4.29. The van der Waals surface area contributed by atoms with Crippen molar-refractivity contribution in [3.8, 4) is 0 Å². The smallest absolute Gasteiger partial charge is 0.254 e. The van der Waals surface area contributed by atoms with E-state index in [0.29, 0.717) is 31.0 Å². The highest BCUT2D eigenvalue weighted by Gasteiger charge is 2.30. The molecule has 2 fully saturated rings. The molecule has 2 aromatic heterocycles. The molecule has 146 valence electrons. The van der Waals surface area contributed by atoms with Gasteiger partial charge >= 0.3 is 0 Å². The van der Waals surface area contributed by atoms with Crippen LogP contribution in [0.3, 0.4) is 0 Å². The Kier molecular flexibility index (Phi) is 5.18. The number of amides is 2. The minimum Gasteiger partial charge on any atom is -0.353 e. The van der Waals surface area contributed by atoms with Crippen LogP contribution < -0.4 is 10.2 Å². The Bertz CT molecular complexity index is 865. The molecule has 2 aromatic rings. The molecule has 1 aliphatic heterocycles. The van der Waals surface area contributed by atoms with Gasteiger partial charge < -0.3 is 15.1 Å². The van der Waals surface area contributed by atoms with Crippen molar-refractivity contribution in [1.29, 1.82) is 0 Å². The number of rotatable bonds is 4. The molecular formula is C20H24N6O2. The second-order valence-corrected chi connectivity index (χ2v) is 7.36. The van der Waals surface area contributed by atoms with Gasteiger partial charge in [-0.1, -0.05) is 0 Å². The van der Waals surface area contributed by atoms with Crippen LogP contribution in [0.25, 0.3) is 0 Å². The average Bonchev–Trinajstić information content (AvgIpc) is 3.55. The highest BCUT2D eigenvalue weighted by atomic mass is 16.2. The van der Waals surface area contributed by atoms with Crippen molar-refractivity contribution in [2.24, 2.45) is 5.92 Å². The van der Waals surface area contributed by atoms with E-state index < -0.39 is 0 Å². The van der Waals surface area contributed by atoms with E-state index >= 15 is 0 Å². The number of nitrogens with zero attached hydrogens (tertiary/aromatic N) is 5. The number of anilines is 2. The topological polar surface area (TPSA) is 91.3 Å². The molecule has 0 radical (unpaired) electrons. The minimum absolute atomic E-state index is 0.0123. The third-order valence-electron chi connectivity index (χ3n) is 5.10. The van der Waals surface area contributed by atoms with Crippen LogP contribution in [0.4, 0.5) is 11.6 Å². The summed E-state index contributed by atoms with van der Waals surface area (Å²) in [6, 6.07) is 7.28. The first kappa shape index (κ1) is 18.3. The van der Waals surface area contributed by atoms with Gasteiger partial charge in [-0.2, -0.15) is 5.10 Å². The fourth-order valence-corrected chi connectivity index (χ4v) is 3.30. The molecule has 0 atom stereocenters. The standard InChI is InChI=1S/C20H24N6O2/c1-14-3-6-18(24-23-14)25-9-2-10-26(12-11-25)20(28)16-7-8-21-17(13-16)22-19(27)15-4-5-15/h3,6-8,13,15H,2,4-5,9-12H2,1H3,(H,21,22,27). The van der Waals surface area contributed by atoms with E-state index in [9.17, 15) is 9.59 Å². The quantitative estimate of drug-likeness (QED) is 0.871. The summed E-state index contributed by atoms with van der Waals surface area (Å²) in [5.74, 6) is 1.33. The monoisotopic (exact) mass is 380 g/mol. The molecule has 3 heterocycles. The Balaban J connectivity index is 1.40. The molecule has 1 saturated carbocycles. The number of carbonyl (C=O) groups excluding carboxylic acids is 2. The lowest BCUT2D eigenvalue weighted by atomic mass is 10.2. The molecule has 1 aliphatic carbocycles. The SMILES string of the molecule is Cc1ccc(N2CCCN(C(=O)c3ccnc(NC(=O)C4CC4)c3)CC2)nn1. The first-order chi connectivity index (χ1) is 13.6. The van der Waals surface area contributed by atoms with Crippen molar-refractivity contribution in [3.05, 3.63) is 41.7 Å². The third kappa shape index (κ3) is 4.27. The fourth-order valence-electron chi connectivity index (χ4n) is 3.30. The van der Waals surface area contributed by atoms with Gasteiger partial charge in [0.15, 0.2) is 5.82 Å². The van der Waals surface area contributed by atoms with Crippen molar-refractivity contribution in [2.45, 2.75) is 26.2 Å². The Hall–Kier alpha value is -3.03. The molecular weight excluding hydrogens is 356 g/mol. The van der Waals surface area contributed by atoms with Crippen LogP contribution in [0, 0.1) is 12.8 Å². The summed E-state index contributed by atoms with van der Waals surface area (Å²) in [5.41, 5.74) is 1.43. The predicted molar refractivity (Wildman–Crippen MR) is 105 cm³/mol. The van der Waals surface area contributed by atoms with Crippen LogP contribution in [0.5, 0.6) is 0 Å². The van der Waals surface area contributed by atoms with E-state index in [4.69, 9.17) is 0 Å². The number of carbonyl (C=O) groups is 2. The molecule has 0 bridgehead atoms. The van der Waals surface area contributed by atoms with Gasteiger partial charge in [0.2, 0.25) is 5.91 Å². The highest BCUT2D eigenvalue weighted by molar-refractivity contribution is 5.97. The maximum Gasteiger partial charge on any atom is 0.254 e. The number of hydrogen-bond donors (Lipinski definition) is 1. The molecule has 0 spiro atoms. The number of aromatic nitrogens is 3. The zero-order chi connectivity index (χ0) is 19.5. The zero-order valence-electron chi connectivity index (χ0n) is 16.0. The molecule has 8 nitrogen and oxygen atoms in total. The summed E-state index contributed by atoms with van der Waals surface area (Å²) >= 11 is 0.